The number of benzene rings is 1. The molecule has 1 nitrogen and oxygen atoms in total. The largest absolute Gasteiger partial charge is 0.371 e. The Labute approximate surface area is 110 Å². The van der Waals surface area contributed by atoms with Crippen molar-refractivity contribution >= 4 is 17.3 Å². The Balaban J connectivity index is 2.05. The average Bonchev–Trinajstić information content (AvgIpc) is 2.39. The second kappa shape index (κ2) is 5.77. The van der Waals surface area contributed by atoms with Crippen molar-refractivity contribution in [1.29, 1.82) is 0 Å². The number of anilines is 1. The molecule has 1 saturated heterocycles. The molecule has 1 aliphatic heterocycles. The van der Waals surface area contributed by atoms with Gasteiger partial charge in [0.15, 0.2) is 0 Å². The van der Waals surface area contributed by atoms with Crippen LogP contribution in [0.5, 0.6) is 0 Å². The van der Waals surface area contributed by atoms with Gasteiger partial charge in [-0.3, -0.25) is 0 Å². The summed E-state index contributed by atoms with van der Waals surface area (Å²) in [5.74, 6) is 2.33. The molecular formula is C15H22ClN. The molecule has 0 bridgehead atoms. The molecule has 0 saturated carbocycles. The summed E-state index contributed by atoms with van der Waals surface area (Å²) in [4.78, 5) is 2.50. The Hall–Kier alpha value is -0.690. The highest BCUT2D eigenvalue weighted by Gasteiger charge is 2.22. The van der Waals surface area contributed by atoms with E-state index >= 15 is 0 Å². The van der Waals surface area contributed by atoms with E-state index in [4.69, 9.17) is 11.6 Å². The summed E-state index contributed by atoms with van der Waals surface area (Å²) in [6.07, 6.45) is 2.63. The number of hydrogen-bond donors (Lipinski definition) is 0. The van der Waals surface area contributed by atoms with Crippen molar-refractivity contribution in [3.8, 4) is 0 Å². The van der Waals surface area contributed by atoms with E-state index in [0.29, 0.717) is 5.88 Å². The third kappa shape index (κ3) is 2.95. The average molecular weight is 252 g/mol. The van der Waals surface area contributed by atoms with Crippen molar-refractivity contribution in [3.05, 3.63) is 29.8 Å². The summed E-state index contributed by atoms with van der Waals surface area (Å²) >= 11 is 6.00. The minimum absolute atomic E-state index is 0.611. The van der Waals surface area contributed by atoms with E-state index in [1.165, 1.54) is 37.2 Å². The molecule has 0 N–H and O–H groups in total. The zero-order valence-electron chi connectivity index (χ0n) is 10.8. The summed E-state index contributed by atoms with van der Waals surface area (Å²) in [5.41, 5.74) is 2.60. The molecule has 0 atom stereocenters. The van der Waals surface area contributed by atoms with Crippen LogP contribution in [-0.4, -0.2) is 13.1 Å². The molecule has 1 aromatic carbocycles. The van der Waals surface area contributed by atoms with Gasteiger partial charge in [0, 0.05) is 24.7 Å². The van der Waals surface area contributed by atoms with Crippen LogP contribution < -0.4 is 4.90 Å². The van der Waals surface area contributed by atoms with Crippen molar-refractivity contribution in [2.45, 2.75) is 32.6 Å². The quantitative estimate of drug-likeness (QED) is 0.724. The molecule has 17 heavy (non-hydrogen) atoms. The Morgan fingerprint density at radius 2 is 1.88 bits per heavy atom. The summed E-state index contributed by atoms with van der Waals surface area (Å²) in [7, 11) is 0. The van der Waals surface area contributed by atoms with Crippen LogP contribution >= 0.6 is 11.6 Å². The highest BCUT2D eigenvalue weighted by atomic mass is 35.5. The van der Waals surface area contributed by atoms with Gasteiger partial charge in [-0.05, 0) is 36.3 Å². The van der Waals surface area contributed by atoms with Crippen LogP contribution in [0.25, 0.3) is 0 Å². The number of hydrogen-bond acceptors (Lipinski definition) is 1. The highest BCUT2D eigenvalue weighted by Crippen LogP contribution is 2.30. The fourth-order valence-corrected chi connectivity index (χ4v) is 2.97. The van der Waals surface area contributed by atoms with E-state index in [1.54, 1.807) is 0 Å². The van der Waals surface area contributed by atoms with Gasteiger partial charge in [-0.2, -0.15) is 0 Å². The topological polar surface area (TPSA) is 3.24 Å². The number of alkyl halides is 1. The molecule has 0 aliphatic carbocycles. The third-order valence-electron chi connectivity index (χ3n) is 3.96. The molecule has 2 rings (SSSR count). The molecular weight excluding hydrogens is 230 g/mol. The Morgan fingerprint density at radius 3 is 2.47 bits per heavy atom. The smallest absolute Gasteiger partial charge is 0.0494 e. The first-order valence-electron chi connectivity index (χ1n) is 6.61. The Morgan fingerprint density at radius 1 is 1.24 bits per heavy atom. The zero-order chi connectivity index (χ0) is 12.3. The summed E-state index contributed by atoms with van der Waals surface area (Å²) in [6, 6.07) is 8.52. The molecule has 0 radical (unpaired) electrons. The van der Waals surface area contributed by atoms with Gasteiger partial charge >= 0.3 is 0 Å². The first-order valence-corrected chi connectivity index (χ1v) is 7.14. The van der Waals surface area contributed by atoms with Crippen LogP contribution in [0.15, 0.2) is 24.3 Å². The maximum atomic E-state index is 6.00. The molecule has 0 spiro atoms. The van der Waals surface area contributed by atoms with Crippen LogP contribution in [0.4, 0.5) is 5.69 Å². The molecule has 0 amide bonds. The Kier molecular flexibility index (Phi) is 4.33. The van der Waals surface area contributed by atoms with Gasteiger partial charge in [-0.25, -0.2) is 0 Å². The van der Waals surface area contributed by atoms with Crippen LogP contribution in [0, 0.1) is 11.8 Å². The fraction of sp³-hybridized carbons (Fsp3) is 0.600. The van der Waals surface area contributed by atoms with Crippen molar-refractivity contribution in [2.24, 2.45) is 11.8 Å². The lowest BCUT2D eigenvalue weighted by Gasteiger charge is -2.36. The number of piperidine rings is 1. The van der Waals surface area contributed by atoms with E-state index in [2.05, 4.69) is 43.0 Å². The Bertz CT molecular complexity index is 354. The van der Waals surface area contributed by atoms with Gasteiger partial charge in [0.05, 0.1) is 0 Å². The van der Waals surface area contributed by atoms with Gasteiger partial charge in [-0.1, -0.05) is 32.0 Å². The van der Waals surface area contributed by atoms with Gasteiger partial charge in [0.1, 0.15) is 0 Å². The summed E-state index contributed by atoms with van der Waals surface area (Å²) < 4.78 is 0. The first-order chi connectivity index (χ1) is 8.22. The number of nitrogens with zero attached hydrogens (tertiary/aromatic N) is 1. The normalized spacial score (nSPS) is 17.8. The van der Waals surface area contributed by atoms with E-state index in [0.717, 1.165) is 11.8 Å². The minimum Gasteiger partial charge on any atom is -0.371 e. The van der Waals surface area contributed by atoms with Crippen molar-refractivity contribution < 1.29 is 0 Å². The van der Waals surface area contributed by atoms with Gasteiger partial charge in [0.25, 0.3) is 0 Å². The minimum atomic E-state index is 0.611. The molecule has 2 heteroatoms. The first kappa shape index (κ1) is 12.8. The summed E-state index contributed by atoms with van der Waals surface area (Å²) in [6.45, 7) is 7.04. The molecule has 0 aromatic heterocycles. The second-order valence-electron chi connectivity index (χ2n) is 5.33. The van der Waals surface area contributed by atoms with E-state index < -0.39 is 0 Å². The predicted molar refractivity (Wildman–Crippen MR) is 75.8 cm³/mol. The van der Waals surface area contributed by atoms with E-state index in [9.17, 15) is 0 Å². The number of halogens is 1. The SMILES string of the molecule is CC(C)C1CCN(c2ccccc2CCl)CC1. The lowest BCUT2D eigenvalue weighted by Crippen LogP contribution is -2.35. The van der Waals surface area contributed by atoms with Gasteiger partial charge in [-0.15, -0.1) is 11.6 Å². The fourth-order valence-electron chi connectivity index (χ4n) is 2.74. The molecule has 94 valence electrons. The van der Waals surface area contributed by atoms with Gasteiger partial charge < -0.3 is 4.90 Å². The van der Waals surface area contributed by atoms with Crippen LogP contribution in [0.2, 0.25) is 0 Å². The summed E-state index contributed by atoms with van der Waals surface area (Å²) in [5, 5.41) is 0. The molecule has 1 aliphatic rings. The monoisotopic (exact) mass is 251 g/mol. The van der Waals surface area contributed by atoms with Crippen LogP contribution in [0.3, 0.4) is 0 Å². The van der Waals surface area contributed by atoms with E-state index in [1.807, 2.05) is 0 Å². The van der Waals surface area contributed by atoms with Crippen molar-refractivity contribution in [3.63, 3.8) is 0 Å². The second-order valence-corrected chi connectivity index (χ2v) is 5.60. The predicted octanol–water partition coefficient (Wildman–Crippen LogP) is 4.30. The lowest BCUT2D eigenvalue weighted by molar-refractivity contribution is 0.311. The lowest BCUT2D eigenvalue weighted by atomic mass is 9.86. The number of rotatable bonds is 3. The maximum Gasteiger partial charge on any atom is 0.0494 e. The standard InChI is InChI=1S/C15H22ClN/c1-12(2)13-7-9-17(10-8-13)15-6-4-3-5-14(15)11-16/h3-6,12-13H,7-11H2,1-2H3. The van der Waals surface area contributed by atoms with Crippen LogP contribution in [-0.2, 0) is 5.88 Å². The van der Waals surface area contributed by atoms with Crippen molar-refractivity contribution in [2.75, 3.05) is 18.0 Å². The zero-order valence-corrected chi connectivity index (χ0v) is 11.6. The van der Waals surface area contributed by atoms with E-state index in [-0.39, 0.29) is 0 Å². The van der Waals surface area contributed by atoms with Crippen LogP contribution in [0.1, 0.15) is 32.3 Å². The molecule has 1 fully saturated rings. The van der Waals surface area contributed by atoms with Gasteiger partial charge in [0.2, 0.25) is 0 Å². The van der Waals surface area contributed by atoms with Crippen molar-refractivity contribution in [1.82, 2.24) is 0 Å². The maximum absolute atomic E-state index is 6.00. The molecule has 1 heterocycles. The number of para-hydroxylation sites is 1. The third-order valence-corrected chi connectivity index (χ3v) is 4.25. The highest BCUT2D eigenvalue weighted by molar-refractivity contribution is 6.17. The molecule has 0 unspecified atom stereocenters. The molecule has 1 aromatic rings.